The highest BCUT2D eigenvalue weighted by molar-refractivity contribution is 5.69. The van der Waals surface area contributed by atoms with Crippen LogP contribution in [0.2, 0.25) is 0 Å². The van der Waals surface area contributed by atoms with Gasteiger partial charge >= 0.3 is 17.9 Å². The predicted molar refractivity (Wildman–Crippen MR) is 90.9 cm³/mol. The molecule has 0 bridgehead atoms. The van der Waals surface area contributed by atoms with E-state index in [9.17, 15) is 14.4 Å². The molecule has 142 valence electrons. The molecule has 0 aromatic heterocycles. The lowest BCUT2D eigenvalue weighted by Gasteiger charge is -2.17. The molecule has 1 aliphatic heterocycles. The molecular weight excluding hydrogens is 340 g/mol. The van der Waals surface area contributed by atoms with Gasteiger partial charge in [0.1, 0.15) is 25.4 Å². The van der Waals surface area contributed by atoms with E-state index in [1.54, 1.807) is 0 Å². The number of ether oxygens (including phenoxy) is 4. The quantitative estimate of drug-likeness (QED) is 0.516. The highest BCUT2D eigenvalue weighted by atomic mass is 16.6. The van der Waals surface area contributed by atoms with Crippen LogP contribution in [0.3, 0.4) is 0 Å². The molecule has 1 unspecified atom stereocenters. The molecule has 0 radical (unpaired) electrons. The van der Waals surface area contributed by atoms with E-state index < -0.39 is 24.1 Å². The van der Waals surface area contributed by atoms with Gasteiger partial charge in [-0.1, -0.05) is 30.3 Å². The molecule has 0 aliphatic carbocycles. The van der Waals surface area contributed by atoms with Crippen LogP contribution < -0.4 is 0 Å². The van der Waals surface area contributed by atoms with Crippen LogP contribution in [-0.4, -0.2) is 42.8 Å². The van der Waals surface area contributed by atoms with Crippen LogP contribution in [0, 0.1) is 0 Å². The average Bonchev–Trinajstić information content (AvgIpc) is 2.98. The van der Waals surface area contributed by atoms with E-state index in [1.165, 1.54) is 13.8 Å². The number of carbonyl (C=O) groups is 3. The van der Waals surface area contributed by atoms with E-state index in [2.05, 4.69) is 0 Å². The second-order valence-corrected chi connectivity index (χ2v) is 6.17. The first kappa shape index (κ1) is 19.9. The van der Waals surface area contributed by atoms with Gasteiger partial charge in [0.2, 0.25) is 0 Å². The number of benzene rings is 1. The molecule has 1 aromatic carbocycles. The van der Waals surface area contributed by atoms with Gasteiger partial charge in [0.05, 0.1) is 6.10 Å². The minimum atomic E-state index is -0.520. The maximum atomic E-state index is 11.9. The fraction of sp³-hybridized carbons (Fsp3) is 0.526. The Hall–Kier alpha value is -2.41. The Morgan fingerprint density at radius 3 is 2.46 bits per heavy atom. The van der Waals surface area contributed by atoms with Crippen molar-refractivity contribution < 1.29 is 33.3 Å². The van der Waals surface area contributed by atoms with E-state index in [0.717, 1.165) is 5.56 Å². The number of hydrogen-bond acceptors (Lipinski definition) is 7. The SMILES string of the molecule is CC(=O)OC[C@H]1OC(CCC(=O)OCc2ccccc2)C[C@@H]1OC(C)=O. The van der Waals surface area contributed by atoms with Crippen molar-refractivity contribution in [1.82, 2.24) is 0 Å². The summed E-state index contributed by atoms with van der Waals surface area (Å²) in [5.74, 6) is -1.16. The van der Waals surface area contributed by atoms with Gasteiger partial charge in [-0.3, -0.25) is 14.4 Å². The topological polar surface area (TPSA) is 88.1 Å². The second kappa shape index (κ2) is 9.91. The lowest BCUT2D eigenvalue weighted by Crippen LogP contribution is -2.31. The molecule has 0 N–H and O–H groups in total. The molecule has 1 saturated heterocycles. The molecule has 7 nitrogen and oxygen atoms in total. The lowest BCUT2D eigenvalue weighted by atomic mass is 10.1. The summed E-state index contributed by atoms with van der Waals surface area (Å²) < 4.78 is 21.2. The zero-order chi connectivity index (χ0) is 18.9. The average molecular weight is 364 g/mol. The summed E-state index contributed by atoms with van der Waals surface area (Å²) in [7, 11) is 0. The van der Waals surface area contributed by atoms with E-state index in [-0.39, 0.29) is 31.7 Å². The predicted octanol–water partition coefficient (Wildman–Crippen LogP) is 2.16. The summed E-state index contributed by atoms with van der Waals surface area (Å²) in [6.07, 6.45) is -0.168. The molecular formula is C19H24O7. The van der Waals surface area contributed by atoms with Crippen molar-refractivity contribution >= 4 is 17.9 Å². The molecule has 0 amide bonds. The molecule has 1 aliphatic rings. The van der Waals surface area contributed by atoms with Crippen LogP contribution in [0.5, 0.6) is 0 Å². The van der Waals surface area contributed by atoms with Crippen molar-refractivity contribution in [3.8, 4) is 0 Å². The molecule has 1 aromatic rings. The van der Waals surface area contributed by atoms with Crippen molar-refractivity contribution in [2.75, 3.05) is 6.61 Å². The van der Waals surface area contributed by atoms with Gasteiger partial charge in [-0.05, 0) is 12.0 Å². The van der Waals surface area contributed by atoms with Crippen LogP contribution in [0.1, 0.15) is 38.7 Å². The Kier molecular flexibility index (Phi) is 7.59. The summed E-state index contributed by atoms with van der Waals surface area (Å²) in [5, 5.41) is 0. The van der Waals surface area contributed by atoms with Gasteiger partial charge in [0.15, 0.2) is 0 Å². The first-order valence-corrected chi connectivity index (χ1v) is 8.59. The Morgan fingerprint density at radius 1 is 1.08 bits per heavy atom. The third-order valence-electron chi connectivity index (χ3n) is 3.96. The largest absolute Gasteiger partial charge is 0.463 e. The number of hydrogen-bond donors (Lipinski definition) is 0. The number of esters is 3. The van der Waals surface area contributed by atoms with Crippen molar-refractivity contribution in [3.05, 3.63) is 35.9 Å². The summed E-state index contributed by atoms with van der Waals surface area (Å²) in [4.78, 5) is 34.1. The van der Waals surface area contributed by atoms with Gasteiger partial charge < -0.3 is 18.9 Å². The monoisotopic (exact) mass is 364 g/mol. The summed E-state index contributed by atoms with van der Waals surface area (Å²) in [5.41, 5.74) is 0.925. The molecule has 2 rings (SSSR count). The fourth-order valence-corrected chi connectivity index (χ4v) is 2.76. The van der Waals surface area contributed by atoms with Crippen LogP contribution in [0.25, 0.3) is 0 Å². The van der Waals surface area contributed by atoms with Crippen molar-refractivity contribution in [3.63, 3.8) is 0 Å². The van der Waals surface area contributed by atoms with Crippen LogP contribution in [-0.2, 0) is 39.9 Å². The zero-order valence-corrected chi connectivity index (χ0v) is 15.0. The van der Waals surface area contributed by atoms with Crippen molar-refractivity contribution in [2.45, 2.75) is 58.0 Å². The van der Waals surface area contributed by atoms with E-state index in [4.69, 9.17) is 18.9 Å². The minimum absolute atomic E-state index is 0.0161. The van der Waals surface area contributed by atoms with Crippen LogP contribution in [0.15, 0.2) is 30.3 Å². The molecule has 7 heteroatoms. The normalized spacial score (nSPS) is 21.8. The minimum Gasteiger partial charge on any atom is -0.463 e. The number of rotatable bonds is 8. The van der Waals surface area contributed by atoms with Crippen LogP contribution in [0.4, 0.5) is 0 Å². The Morgan fingerprint density at radius 2 is 1.81 bits per heavy atom. The molecule has 1 fully saturated rings. The van der Waals surface area contributed by atoms with E-state index >= 15 is 0 Å². The fourth-order valence-electron chi connectivity index (χ4n) is 2.76. The molecule has 26 heavy (non-hydrogen) atoms. The highest BCUT2D eigenvalue weighted by Gasteiger charge is 2.38. The smallest absolute Gasteiger partial charge is 0.306 e. The van der Waals surface area contributed by atoms with Crippen molar-refractivity contribution in [1.29, 1.82) is 0 Å². The summed E-state index contributed by atoms with van der Waals surface area (Å²) >= 11 is 0. The zero-order valence-electron chi connectivity index (χ0n) is 15.0. The Balaban J connectivity index is 1.76. The highest BCUT2D eigenvalue weighted by Crippen LogP contribution is 2.27. The summed E-state index contributed by atoms with van der Waals surface area (Å²) in [6.45, 7) is 2.87. The van der Waals surface area contributed by atoms with Gasteiger partial charge in [0, 0.05) is 26.7 Å². The standard InChI is InChI=1S/C19H24O7/c1-13(20)23-12-18-17(25-14(2)21)10-16(26-18)8-9-19(22)24-11-15-6-4-3-5-7-15/h3-7,16-18H,8-12H2,1-2H3/t16?,17-,18+/m0/s1. The first-order chi connectivity index (χ1) is 12.4. The van der Waals surface area contributed by atoms with Gasteiger partial charge in [-0.15, -0.1) is 0 Å². The Bertz CT molecular complexity index is 614. The first-order valence-electron chi connectivity index (χ1n) is 8.59. The molecule has 0 spiro atoms. The van der Waals surface area contributed by atoms with E-state index in [0.29, 0.717) is 12.8 Å². The van der Waals surface area contributed by atoms with E-state index in [1.807, 2.05) is 30.3 Å². The molecule has 3 atom stereocenters. The van der Waals surface area contributed by atoms with Crippen LogP contribution >= 0.6 is 0 Å². The maximum Gasteiger partial charge on any atom is 0.306 e. The summed E-state index contributed by atoms with van der Waals surface area (Å²) in [6, 6.07) is 9.43. The van der Waals surface area contributed by atoms with Crippen molar-refractivity contribution in [2.24, 2.45) is 0 Å². The second-order valence-electron chi connectivity index (χ2n) is 6.17. The Labute approximate surface area is 152 Å². The third kappa shape index (κ3) is 6.84. The lowest BCUT2D eigenvalue weighted by molar-refractivity contribution is -0.154. The third-order valence-corrected chi connectivity index (χ3v) is 3.96. The molecule has 0 saturated carbocycles. The number of carbonyl (C=O) groups excluding carboxylic acids is 3. The van der Waals surface area contributed by atoms with Gasteiger partial charge in [-0.25, -0.2) is 0 Å². The van der Waals surface area contributed by atoms with Gasteiger partial charge in [0.25, 0.3) is 0 Å². The van der Waals surface area contributed by atoms with Gasteiger partial charge in [-0.2, -0.15) is 0 Å². The maximum absolute atomic E-state index is 11.9. The molecule has 1 heterocycles.